The fourth-order valence-electron chi connectivity index (χ4n) is 2.03. The Bertz CT molecular complexity index is 410. The Morgan fingerprint density at radius 3 is 2.80 bits per heavy atom. The van der Waals surface area contributed by atoms with Crippen LogP contribution in [-0.2, 0) is 11.3 Å². The lowest BCUT2D eigenvalue weighted by molar-refractivity contribution is -0.132. The second-order valence-corrected chi connectivity index (χ2v) is 4.56. The van der Waals surface area contributed by atoms with E-state index in [-0.39, 0.29) is 12.5 Å². The van der Waals surface area contributed by atoms with Crippen LogP contribution in [0.5, 0.6) is 5.75 Å². The van der Waals surface area contributed by atoms with Gasteiger partial charge >= 0.3 is 0 Å². The normalized spacial score (nSPS) is 10.3. The Kier molecular flexibility index (Phi) is 7.69. The Labute approximate surface area is 120 Å². The number of methoxy groups -OCH3 is 1. The molecule has 0 aliphatic rings. The fraction of sp³-hybridized carbons (Fsp3) is 0.533. The maximum absolute atomic E-state index is 12.2. The monoisotopic (exact) mass is 280 g/mol. The molecule has 1 aromatic carbocycles. The van der Waals surface area contributed by atoms with E-state index in [0.29, 0.717) is 19.5 Å². The minimum atomic E-state index is -0.0348. The lowest BCUT2D eigenvalue weighted by Gasteiger charge is -2.23. The van der Waals surface area contributed by atoms with Crippen molar-refractivity contribution in [3.63, 3.8) is 0 Å². The molecule has 5 heteroatoms. The number of nitrogens with one attached hydrogen (secondary N) is 1. The summed E-state index contributed by atoms with van der Waals surface area (Å²) in [7, 11) is 3.48. The zero-order valence-corrected chi connectivity index (χ0v) is 12.3. The van der Waals surface area contributed by atoms with Gasteiger partial charge in [-0.25, -0.2) is 0 Å². The number of aliphatic hydroxyl groups is 1. The average molecular weight is 280 g/mol. The number of hydrogen-bond acceptors (Lipinski definition) is 4. The number of benzene rings is 1. The first-order valence-electron chi connectivity index (χ1n) is 6.88. The molecule has 112 valence electrons. The lowest BCUT2D eigenvalue weighted by atomic mass is 10.1. The van der Waals surface area contributed by atoms with Crippen LogP contribution < -0.4 is 10.1 Å². The summed E-state index contributed by atoms with van der Waals surface area (Å²) in [6.07, 6.45) is 1.28. The summed E-state index contributed by atoms with van der Waals surface area (Å²) in [6, 6.07) is 7.62. The van der Waals surface area contributed by atoms with Gasteiger partial charge in [0.15, 0.2) is 0 Å². The number of carbonyl (C=O) groups excluding carboxylic acids is 1. The van der Waals surface area contributed by atoms with Gasteiger partial charge in [0, 0.05) is 25.1 Å². The van der Waals surface area contributed by atoms with Crippen LogP contribution in [0.15, 0.2) is 24.3 Å². The van der Waals surface area contributed by atoms with Gasteiger partial charge in [0.2, 0.25) is 5.91 Å². The van der Waals surface area contributed by atoms with E-state index < -0.39 is 0 Å². The van der Waals surface area contributed by atoms with Crippen molar-refractivity contribution < 1.29 is 14.6 Å². The molecule has 0 fully saturated rings. The summed E-state index contributed by atoms with van der Waals surface area (Å²) < 4.78 is 5.29. The van der Waals surface area contributed by atoms with Crippen LogP contribution in [0.1, 0.15) is 18.4 Å². The summed E-state index contributed by atoms with van der Waals surface area (Å²) in [6.45, 7) is 1.58. The summed E-state index contributed by atoms with van der Waals surface area (Å²) in [5.41, 5.74) is 0.949. The van der Waals surface area contributed by atoms with Crippen LogP contribution in [0.2, 0.25) is 0 Å². The van der Waals surface area contributed by atoms with Crippen molar-refractivity contribution in [3.05, 3.63) is 29.8 Å². The first-order valence-corrected chi connectivity index (χ1v) is 6.88. The molecule has 0 saturated carbocycles. The first kappa shape index (κ1) is 16.5. The number of ether oxygens (including phenoxy) is 1. The van der Waals surface area contributed by atoms with Gasteiger partial charge in [0.25, 0.3) is 0 Å². The highest BCUT2D eigenvalue weighted by atomic mass is 16.5. The number of carbonyl (C=O) groups is 1. The molecule has 1 amide bonds. The first-order chi connectivity index (χ1) is 9.72. The van der Waals surface area contributed by atoms with Crippen LogP contribution >= 0.6 is 0 Å². The van der Waals surface area contributed by atoms with E-state index in [1.54, 1.807) is 12.0 Å². The second kappa shape index (κ2) is 9.34. The van der Waals surface area contributed by atoms with Crippen molar-refractivity contribution >= 4 is 5.91 Å². The van der Waals surface area contributed by atoms with Crippen LogP contribution in [0, 0.1) is 0 Å². The molecule has 0 aliphatic heterocycles. The third-order valence-corrected chi connectivity index (χ3v) is 3.09. The van der Waals surface area contributed by atoms with Crippen molar-refractivity contribution in [2.75, 3.05) is 33.9 Å². The van der Waals surface area contributed by atoms with E-state index in [1.165, 1.54) is 0 Å². The molecule has 0 aromatic heterocycles. The fourth-order valence-corrected chi connectivity index (χ4v) is 2.03. The minimum absolute atomic E-state index is 0.0348. The molecule has 1 aromatic rings. The highest BCUT2D eigenvalue weighted by molar-refractivity contribution is 5.76. The van der Waals surface area contributed by atoms with Crippen LogP contribution in [0.25, 0.3) is 0 Å². The van der Waals surface area contributed by atoms with Crippen LogP contribution in [0.4, 0.5) is 0 Å². The molecule has 0 aliphatic carbocycles. The van der Waals surface area contributed by atoms with Crippen LogP contribution in [0.3, 0.4) is 0 Å². The highest BCUT2D eigenvalue weighted by Crippen LogP contribution is 2.19. The van der Waals surface area contributed by atoms with Crippen LogP contribution in [-0.4, -0.2) is 49.8 Å². The maximum Gasteiger partial charge on any atom is 0.222 e. The maximum atomic E-state index is 12.2. The number of rotatable bonds is 9. The van der Waals surface area contributed by atoms with Gasteiger partial charge < -0.3 is 20.1 Å². The quantitative estimate of drug-likeness (QED) is 0.663. The lowest BCUT2D eigenvalue weighted by Crippen LogP contribution is -2.33. The zero-order chi connectivity index (χ0) is 14.8. The molecule has 0 unspecified atom stereocenters. The van der Waals surface area contributed by atoms with Crippen molar-refractivity contribution in [2.45, 2.75) is 19.4 Å². The second-order valence-electron chi connectivity index (χ2n) is 4.56. The molecule has 1 rings (SSSR count). The average Bonchev–Trinajstić information content (AvgIpc) is 2.47. The summed E-state index contributed by atoms with van der Waals surface area (Å²) in [5.74, 6) is 0.818. The highest BCUT2D eigenvalue weighted by Gasteiger charge is 2.15. The molecule has 0 heterocycles. The van der Waals surface area contributed by atoms with E-state index in [2.05, 4.69) is 5.32 Å². The smallest absolute Gasteiger partial charge is 0.222 e. The molecular weight excluding hydrogens is 256 g/mol. The van der Waals surface area contributed by atoms with E-state index >= 15 is 0 Å². The summed E-state index contributed by atoms with van der Waals surface area (Å²) in [4.78, 5) is 13.8. The molecule has 0 saturated heterocycles. The van der Waals surface area contributed by atoms with Gasteiger partial charge in [0.05, 0.1) is 13.7 Å². The largest absolute Gasteiger partial charge is 0.496 e. The molecule has 20 heavy (non-hydrogen) atoms. The predicted molar refractivity (Wildman–Crippen MR) is 78.7 cm³/mol. The summed E-state index contributed by atoms with van der Waals surface area (Å²) in [5, 5.41) is 12.1. The predicted octanol–water partition coefficient (Wildman–Crippen LogP) is 1.02. The van der Waals surface area contributed by atoms with Gasteiger partial charge in [0.1, 0.15) is 5.75 Å². The molecule has 0 bridgehead atoms. The number of amides is 1. The number of hydrogen-bond donors (Lipinski definition) is 2. The Balaban J connectivity index is 2.68. The Hall–Kier alpha value is -1.59. The third kappa shape index (κ3) is 5.19. The SMILES string of the molecule is CNCCCC(=O)N(CCO)Cc1ccccc1OC. The van der Waals surface area contributed by atoms with Crippen molar-refractivity contribution in [1.29, 1.82) is 0 Å². The molecule has 0 atom stereocenters. The van der Waals surface area contributed by atoms with Crippen molar-refractivity contribution in [3.8, 4) is 5.75 Å². The van der Waals surface area contributed by atoms with Gasteiger partial charge in [-0.05, 0) is 26.1 Å². The van der Waals surface area contributed by atoms with Gasteiger partial charge in [-0.15, -0.1) is 0 Å². The standard InChI is InChI=1S/C15H24N2O3/c1-16-9-5-8-15(19)17(10-11-18)12-13-6-3-4-7-14(13)20-2/h3-4,6-7,16,18H,5,8-12H2,1-2H3. The molecule has 2 N–H and O–H groups in total. The number of para-hydroxylation sites is 1. The Morgan fingerprint density at radius 1 is 1.40 bits per heavy atom. The number of aliphatic hydroxyl groups excluding tert-OH is 1. The van der Waals surface area contributed by atoms with E-state index in [4.69, 9.17) is 9.84 Å². The van der Waals surface area contributed by atoms with E-state index in [0.717, 1.165) is 24.3 Å². The molecule has 0 radical (unpaired) electrons. The molecule has 0 spiro atoms. The van der Waals surface area contributed by atoms with Gasteiger partial charge in [-0.1, -0.05) is 18.2 Å². The van der Waals surface area contributed by atoms with Crippen molar-refractivity contribution in [1.82, 2.24) is 10.2 Å². The Morgan fingerprint density at radius 2 is 2.15 bits per heavy atom. The van der Waals surface area contributed by atoms with E-state index in [1.807, 2.05) is 31.3 Å². The molecular formula is C15H24N2O3. The van der Waals surface area contributed by atoms with E-state index in [9.17, 15) is 4.79 Å². The van der Waals surface area contributed by atoms with Gasteiger partial charge in [-0.3, -0.25) is 4.79 Å². The molecule has 5 nitrogen and oxygen atoms in total. The topological polar surface area (TPSA) is 61.8 Å². The number of nitrogens with zero attached hydrogens (tertiary/aromatic N) is 1. The minimum Gasteiger partial charge on any atom is -0.496 e. The summed E-state index contributed by atoms with van der Waals surface area (Å²) >= 11 is 0. The zero-order valence-electron chi connectivity index (χ0n) is 12.3. The van der Waals surface area contributed by atoms with Gasteiger partial charge in [-0.2, -0.15) is 0 Å². The van der Waals surface area contributed by atoms with Crippen molar-refractivity contribution in [2.24, 2.45) is 0 Å². The third-order valence-electron chi connectivity index (χ3n) is 3.09.